The minimum absolute atomic E-state index is 0.0758. The molecule has 0 heterocycles. The van der Waals surface area contributed by atoms with E-state index in [0.29, 0.717) is 11.3 Å². The molecule has 1 aliphatic carbocycles. The van der Waals surface area contributed by atoms with Gasteiger partial charge in [0.25, 0.3) is 11.6 Å². The minimum Gasteiger partial charge on any atom is -0.382 e. The maximum absolute atomic E-state index is 12.0. The number of benzene rings is 1. The fourth-order valence-electron chi connectivity index (χ4n) is 3.14. The zero-order chi connectivity index (χ0) is 16.3. The lowest BCUT2D eigenvalue weighted by Crippen LogP contribution is -2.32. The predicted molar refractivity (Wildman–Crippen MR) is 86.1 cm³/mol. The van der Waals surface area contributed by atoms with E-state index in [1.54, 1.807) is 6.07 Å². The first-order valence-corrected chi connectivity index (χ1v) is 7.59. The second-order valence-corrected chi connectivity index (χ2v) is 6.67. The Morgan fingerprint density at radius 3 is 2.73 bits per heavy atom. The Bertz CT molecular complexity index is 584. The van der Waals surface area contributed by atoms with Crippen molar-refractivity contribution in [2.75, 3.05) is 12.4 Å². The van der Waals surface area contributed by atoms with Crippen molar-refractivity contribution >= 4 is 17.3 Å². The highest BCUT2D eigenvalue weighted by Crippen LogP contribution is 2.37. The number of nitro groups is 1. The molecule has 120 valence electrons. The van der Waals surface area contributed by atoms with E-state index in [1.807, 2.05) is 0 Å². The first-order valence-electron chi connectivity index (χ1n) is 7.59. The Balaban J connectivity index is 2.26. The van der Waals surface area contributed by atoms with Gasteiger partial charge in [-0.2, -0.15) is 0 Å². The molecule has 6 nitrogen and oxygen atoms in total. The summed E-state index contributed by atoms with van der Waals surface area (Å²) in [6, 6.07) is 4.68. The van der Waals surface area contributed by atoms with Crippen LogP contribution in [-0.2, 0) is 0 Å². The first kappa shape index (κ1) is 16.3. The standard InChI is InChI=1S/C16H23N3O3/c1-16(2)8-4-5-11(10-16)18-14-7-6-12(19(21)22)9-13(14)15(20)17-3/h6-7,9,11,18H,4-5,8,10H2,1-3H3,(H,17,20). The number of carbonyl (C=O) groups excluding carboxylic acids is 1. The highest BCUT2D eigenvalue weighted by molar-refractivity contribution is 6.00. The van der Waals surface area contributed by atoms with Gasteiger partial charge in [-0.05, 0) is 30.7 Å². The molecule has 0 saturated heterocycles. The number of anilines is 1. The molecule has 1 aromatic rings. The molecule has 1 fully saturated rings. The second-order valence-electron chi connectivity index (χ2n) is 6.67. The van der Waals surface area contributed by atoms with E-state index in [9.17, 15) is 14.9 Å². The zero-order valence-corrected chi connectivity index (χ0v) is 13.3. The number of hydrogen-bond donors (Lipinski definition) is 2. The molecule has 0 bridgehead atoms. The zero-order valence-electron chi connectivity index (χ0n) is 13.3. The van der Waals surface area contributed by atoms with E-state index in [0.717, 1.165) is 19.3 Å². The van der Waals surface area contributed by atoms with Crippen molar-refractivity contribution in [3.05, 3.63) is 33.9 Å². The number of amides is 1. The minimum atomic E-state index is -0.486. The summed E-state index contributed by atoms with van der Waals surface area (Å²) in [5, 5.41) is 16.8. The van der Waals surface area contributed by atoms with Crippen LogP contribution in [0.2, 0.25) is 0 Å². The van der Waals surface area contributed by atoms with Crippen molar-refractivity contribution in [3.63, 3.8) is 0 Å². The van der Waals surface area contributed by atoms with Crippen LogP contribution in [0, 0.1) is 15.5 Å². The first-order chi connectivity index (χ1) is 10.3. The van der Waals surface area contributed by atoms with Gasteiger partial charge < -0.3 is 10.6 Å². The third kappa shape index (κ3) is 3.75. The van der Waals surface area contributed by atoms with Gasteiger partial charge in [0, 0.05) is 30.9 Å². The third-order valence-electron chi connectivity index (χ3n) is 4.25. The molecule has 6 heteroatoms. The van der Waals surface area contributed by atoms with Crippen LogP contribution in [0.15, 0.2) is 18.2 Å². The van der Waals surface area contributed by atoms with Crippen LogP contribution in [0.25, 0.3) is 0 Å². The van der Waals surface area contributed by atoms with Crippen molar-refractivity contribution in [2.45, 2.75) is 45.6 Å². The number of nitro benzene ring substituents is 1. The monoisotopic (exact) mass is 305 g/mol. The van der Waals surface area contributed by atoms with Crippen molar-refractivity contribution in [3.8, 4) is 0 Å². The van der Waals surface area contributed by atoms with E-state index in [4.69, 9.17) is 0 Å². The summed E-state index contributed by atoms with van der Waals surface area (Å²) in [7, 11) is 1.52. The predicted octanol–water partition coefficient (Wildman–Crippen LogP) is 3.34. The molecule has 0 aromatic heterocycles. The van der Waals surface area contributed by atoms with Crippen LogP contribution in [0.4, 0.5) is 11.4 Å². The maximum Gasteiger partial charge on any atom is 0.270 e. The molecular formula is C16H23N3O3. The van der Waals surface area contributed by atoms with E-state index in [2.05, 4.69) is 24.5 Å². The van der Waals surface area contributed by atoms with E-state index in [1.165, 1.54) is 25.6 Å². The molecule has 1 unspecified atom stereocenters. The van der Waals surface area contributed by atoms with Gasteiger partial charge in [-0.3, -0.25) is 14.9 Å². The van der Waals surface area contributed by atoms with Crippen molar-refractivity contribution in [2.24, 2.45) is 5.41 Å². The van der Waals surface area contributed by atoms with E-state index in [-0.39, 0.29) is 23.1 Å². The van der Waals surface area contributed by atoms with Crippen molar-refractivity contribution in [1.29, 1.82) is 0 Å². The van der Waals surface area contributed by atoms with E-state index >= 15 is 0 Å². The lowest BCUT2D eigenvalue weighted by Gasteiger charge is -2.36. The molecule has 0 radical (unpaired) electrons. The van der Waals surface area contributed by atoms with Gasteiger partial charge in [0.1, 0.15) is 0 Å². The van der Waals surface area contributed by atoms with Crippen LogP contribution in [0.5, 0.6) is 0 Å². The fraction of sp³-hybridized carbons (Fsp3) is 0.562. The Labute approximate surface area is 130 Å². The van der Waals surface area contributed by atoms with Crippen LogP contribution in [0.1, 0.15) is 49.9 Å². The molecule has 1 aromatic carbocycles. The molecule has 1 saturated carbocycles. The molecule has 2 N–H and O–H groups in total. The highest BCUT2D eigenvalue weighted by atomic mass is 16.6. The molecule has 2 rings (SSSR count). The van der Waals surface area contributed by atoms with Gasteiger partial charge >= 0.3 is 0 Å². The van der Waals surface area contributed by atoms with Crippen molar-refractivity contribution in [1.82, 2.24) is 5.32 Å². The summed E-state index contributed by atoms with van der Waals surface area (Å²) in [4.78, 5) is 22.4. The molecule has 22 heavy (non-hydrogen) atoms. The topological polar surface area (TPSA) is 84.3 Å². The van der Waals surface area contributed by atoms with Crippen molar-refractivity contribution < 1.29 is 9.72 Å². The molecule has 0 aliphatic heterocycles. The summed E-state index contributed by atoms with van der Waals surface area (Å²) in [5.74, 6) is -0.318. The number of nitrogens with zero attached hydrogens (tertiary/aromatic N) is 1. The van der Waals surface area contributed by atoms with Crippen LogP contribution in [0.3, 0.4) is 0 Å². The van der Waals surface area contributed by atoms with Gasteiger partial charge in [0.2, 0.25) is 0 Å². The van der Waals surface area contributed by atoms with Gasteiger partial charge in [0.15, 0.2) is 0 Å². The molecular weight excluding hydrogens is 282 g/mol. The van der Waals surface area contributed by atoms with E-state index < -0.39 is 4.92 Å². The van der Waals surface area contributed by atoms with Crippen LogP contribution in [-0.4, -0.2) is 23.9 Å². The summed E-state index contributed by atoms with van der Waals surface area (Å²) in [6.07, 6.45) is 4.42. The smallest absolute Gasteiger partial charge is 0.270 e. The van der Waals surface area contributed by atoms with Gasteiger partial charge in [0.05, 0.1) is 10.5 Å². The molecule has 1 atom stereocenters. The molecule has 1 aliphatic rings. The largest absolute Gasteiger partial charge is 0.382 e. The SMILES string of the molecule is CNC(=O)c1cc([N+](=O)[O-])ccc1NC1CCCC(C)(C)C1. The fourth-order valence-corrected chi connectivity index (χ4v) is 3.14. The van der Waals surface area contributed by atoms with Crippen LogP contribution < -0.4 is 10.6 Å². The molecule has 1 amide bonds. The Morgan fingerprint density at radius 1 is 1.41 bits per heavy atom. The summed E-state index contributed by atoms with van der Waals surface area (Å²) < 4.78 is 0. The van der Waals surface area contributed by atoms with Gasteiger partial charge in [-0.15, -0.1) is 0 Å². The average molecular weight is 305 g/mol. The quantitative estimate of drug-likeness (QED) is 0.660. The normalized spacial score (nSPS) is 20.2. The second kappa shape index (κ2) is 6.34. The summed E-state index contributed by atoms with van der Waals surface area (Å²) >= 11 is 0. The number of rotatable bonds is 4. The Hall–Kier alpha value is -2.11. The Kier molecular flexibility index (Phi) is 4.68. The summed E-state index contributed by atoms with van der Waals surface area (Å²) in [6.45, 7) is 4.49. The van der Waals surface area contributed by atoms with Crippen LogP contribution >= 0.6 is 0 Å². The lowest BCUT2D eigenvalue weighted by molar-refractivity contribution is -0.384. The van der Waals surface area contributed by atoms with Gasteiger partial charge in [-0.25, -0.2) is 0 Å². The number of carbonyl (C=O) groups is 1. The average Bonchev–Trinajstić information content (AvgIpc) is 2.45. The highest BCUT2D eigenvalue weighted by Gasteiger charge is 2.28. The van der Waals surface area contributed by atoms with Gasteiger partial charge in [-0.1, -0.05) is 20.3 Å². The number of non-ortho nitro benzene ring substituents is 1. The number of nitrogens with one attached hydrogen (secondary N) is 2. The maximum atomic E-state index is 12.0. The summed E-state index contributed by atoms with van der Waals surface area (Å²) in [5.41, 5.74) is 1.19. The molecule has 0 spiro atoms. The third-order valence-corrected chi connectivity index (χ3v) is 4.25. The Morgan fingerprint density at radius 2 is 2.14 bits per heavy atom. The number of hydrogen-bond acceptors (Lipinski definition) is 4. The lowest BCUT2D eigenvalue weighted by atomic mass is 9.75.